The summed E-state index contributed by atoms with van der Waals surface area (Å²) in [5.74, 6) is -0.727. The average Bonchev–Trinajstić information content (AvgIpc) is 2.98. The number of nitrogen functional groups attached to an aromatic ring is 1. The molecule has 0 amide bonds. The van der Waals surface area contributed by atoms with Crippen molar-refractivity contribution in [1.29, 1.82) is 0 Å². The van der Waals surface area contributed by atoms with Gasteiger partial charge in [-0.15, -0.1) is 0 Å². The summed E-state index contributed by atoms with van der Waals surface area (Å²) >= 11 is 0. The van der Waals surface area contributed by atoms with E-state index in [1.165, 1.54) is 19.5 Å². The van der Waals surface area contributed by atoms with Crippen LogP contribution in [0.1, 0.15) is 25.5 Å². The molecular weight excluding hydrogens is 325 g/mol. The van der Waals surface area contributed by atoms with Gasteiger partial charge < -0.3 is 10.5 Å². The van der Waals surface area contributed by atoms with Gasteiger partial charge in [-0.3, -0.25) is 4.79 Å². The minimum Gasteiger partial charge on any atom is -0.469 e. The topological polar surface area (TPSA) is 95.9 Å². The first-order chi connectivity index (χ1) is 11.9. The van der Waals surface area contributed by atoms with Crippen LogP contribution < -0.4 is 5.73 Å². The van der Waals surface area contributed by atoms with Gasteiger partial charge in [0.25, 0.3) is 0 Å². The lowest BCUT2D eigenvalue weighted by molar-refractivity contribution is -0.139. The van der Waals surface area contributed by atoms with E-state index in [0.717, 1.165) is 0 Å². The second-order valence-electron chi connectivity index (χ2n) is 5.90. The number of nitrogens with zero attached hydrogens (tertiary/aromatic N) is 4. The maximum atomic E-state index is 14.4. The Morgan fingerprint density at radius 3 is 2.76 bits per heavy atom. The number of esters is 1. The molecule has 0 unspecified atom stereocenters. The largest absolute Gasteiger partial charge is 0.469 e. The summed E-state index contributed by atoms with van der Waals surface area (Å²) in [5, 5.41) is 5.12. The number of ether oxygens (including phenoxy) is 1. The zero-order valence-electron chi connectivity index (χ0n) is 14.2. The van der Waals surface area contributed by atoms with E-state index in [9.17, 15) is 9.18 Å². The average molecular weight is 343 g/mol. The molecule has 3 rings (SSSR count). The first kappa shape index (κ1) is 16.8. The molecule has 0 aliphatic heterocycles. The number of methoxy groups -OCH3 is 1. The third-order valence-corrected chi connectivity index (χ3v) is 3.90. The third-order valence-electron chi connectivity index (χ3n) is 3.90. The summed E-state index contributed by atoms with van der Waals surface area (Å²) < 4.78 is 20.7. The van der Waals surface area contributed by atoms with Gasteiger partial charge in [-0.2, -0.15) is 5.10 Å². The van der Waals surface area contributed by atoms with E-state index >= 15 is 0 Å². The summed E-state index contributed by atoms with van der Waals surface area (Å²) in [5.41, 5.74) is 7.90. The molecule has 0 aliphatic rings. The zero-order valence-corrected chi connectivity index (χ0v) is 14.2. The number of carbonyl (C=O) groups is 1. The molecule has 2 N–H and O–H groups in total. The molecule has 2 heterocycles. The van der Waals surface area contributed by atoms with Crippen LogP contribution in [0.25, 0.3) is 22.3 Å². The lowest BCUT2D eigenvalue weighted by atomic mass is 10.0. The number of halogens is 1. The van der Waals surface area contributed by atoms with E-state index in [1.54, 1.807) is 16.8 Å². The zero-order chi connectivity index (χ0) is 18.1. The van der Waals surface area contributed by atoms with Gasteiger partial charge in [0, 0.05) is 11.6 Å². The molecule has 7 nitrogen and oxygen atoms in total. The minimum atomic E-state index is -0.509. The molecule has 1 aromatic carbocycles. The lowest BCUT2D eigenvalue weighted by Gasteiger charge is -2.05. The van der Waals surface area contributed by atoms with Crippen LogP contribution in [0.4, 0.5) is 10.2 Å². The van der Waals surface area contributed by atoms with E-state index in [0.29, 0.717) is 22.3 Å². The van der Waals surface area contributed by atoms with E-state index in [1.807, 2.05) is 13.8 Å². The number of carbonyl (C=O) groups excluding carboxylic acids is 1. The van der Waals surface area contributed by atoms with Crippen LogP contribution in [0.5, 0.6) is 0 Å². The van der Waals surface area contributed by atoms with Crippen LogP contribution in [0.3, 0.4) is 0 Å². The van der Waals surface area contributed by atoms with Crippen molar-refractivity contribution in [3.05, 3.63) is 35.9 Å². The van der Waals surface area contributed by atoms with Gasteiger partial charge in [-0.05, 0) is 25.5 Å². The highest BCUT2D eigenvalue weighted by atomic mass is 19.1. The van der Waals surface area contributed by atoms with Crippen LogP contribution in [0.2, 0.25) is 0 Å². The smallest absolute Gasteiger partial charge is 0.310 e. The summed E-state index contributed by atoms with van der Waals surface area (Å²) in [4.78, 5) is 19.6. The van der Waals surface area contributed by atoms with Gasteiger partial charge >= 0.3 is 5.97 Å². The maximum Gasteiger partial charge on any atom is 0.310 e. The summed E-state index contributed by atoms with van der Waals surface area (Å²) in [6, 6.07) is 4.62. The van der Waals surface area contributed by atoms with Crippen LogP contribution in [-0.2, 0) is 16.0 Å². The number of aromatic nitrogens is 4. The SMILES string of the molecule is COC(=O)Cc1ccc(-c2nn(C(C)C)c3ncnc(N)c23)cc1F. The predicted octanol–water partition coefficient (Wildman–Crippen LogP) is 2.51. The molecule has 2 aromatic heterocycles. The van der Waals surface area contributed by atoms with Gasteiger partial charge in [-0.25, -0.2) is 19.0 Å². The van der Waals surface area contributed by atoms with Gasteiger partial charge in [0.2, 0.25) is 0 Å². The Hall–Kier alpha value is -3.03. The molecule has 3 aromatic rings. The van der Waals surface area contributed by atoms with Crippen LogP contribution in [-0.4, -0.2) is 32.8 Å². The van der Waals surface area contributed by atoms with Crippen molar-refractivity contribution in [1.82, 2.24) is 19.7 Å². The first-order valence-electron chi connectivity index (χ1n) is 7.76. The summed E-state index contributed by atoms with van der Waals surface area (Å²) in [6.45, 7) is 3.93. The number of rotatable bonds is 4. The third kappa shape index (κ3) is 3.02. The Morgan fingerprint density at radius 1 is 1.36 bits per heavy atom. The fourth-order valence-corrected chi connectivity index (χ4v) is 2.62. The number of anilines is 1. The van der Waals surface area contributed by atoms with Crippen molar-refractivity contribution < 1.29 is 13.9 Å². The Kier molecular flexibility index (Phi) is 4.35. The van der Waals surface area contributed by atoms with Gasteiger partial charge in [0.15, 0.2) is 5.65 Å². The van der Waals surface area contributed by atoms with Crippen molar-refractivity contribution >= 4 is 22.8 Å². The van der Waals surface area contributed by atoms with E-state index in [2.05, 4.69) is 19.8 Å². The predicted molar refractivity (Wildman–Crippen MR) is 91.2 cm³/mol. The normalized spacial score (nSPS) is 11.2. The number of benzene rings is 1. The molecule has 0 spiro atoms. The fraction of sp³-hybridized carbons (Fsp3) is 0.294. The molecule has 0 saturated heterocycles. The number of nitrogens with two attached hydrogens (primary N) is 1. The molecule has 0 saturated carbocycles. The van der Waals surface area contributed by atoms with Gasteiger partial charge in [-0.1, -0.05) is 12.1 Å². The second-order valence-corrected chi connectivity index (χ2v) is 5.90. The standard InChI is InChI=1S/C17H18FN5O2/c1-9(2)23-17-14(16(19)20-8-21-17)15(22-23)11-5-4-10(12(18)6-11)7-13(24)25-3/h4-6,8-9H,7H2,1-3H3,(H2,19,20,21). The van der Waals surface area contributed by atoms with Crippen LogP contribution in [0.15, 0.2) is 24.5 Å². The Balaban J connectivity index is 2.14. The Bertz CT molecular complexity index is 952. The highest BCUT2D eigenvalue weighted by molar-refractivity contribution is 5.98. The van der Waals surface area contributed by atoms with Crippen LogP contribution >= 0.6 is 0 Å². The molecule has 130 valence electrons. The van der Waals surface area contributed by atoms with Crippen molar-refractivity contribution in [2.24, 2.45) is 0 Å². The summed E-state index contributed by atoms with van der Waals surface area (Å²) in [6.07, 6.45) is 1.25. The van der Waals surface area contributed by atoms with Gasteiger partial charge in [0.1, 0.15) is 23.7 Å². The molecule has 0 radical (unpaired) electrons. The molecule has 0 aliphatic carbocycles. The Morgan fingerprint density at radius 2 is 2.12 bits per heavy atom. The number of hydrogen-bond donors (Lipinski definition) is 1. The van der Waals surface area contributed by atoms with E-state index in [4.69, 9.17) is 5.73 Å². The first-order valence-corrected chi connectivity index (χ1v) is 7.76. The highest BCUT2D eigenvalue weighted by Crippen LogP contribution is 2.32. The van der Waals surface area contributed by atoms with Gasteiger partial charge in [0.05, 0.1) is 18.9 Å². The number of hydrogen-bond acceptors (Lipinski definition) is 6. The number of fused-ring (bicyclic) bond motifs is 1. The highest BCUT2D eigenvalue weighted by Gasteiger charge is 2.19. The van der Waals surface area contributed by atoms with Crippen molar-refractivity contribution in [2.75, 3.05) is 12.8 Å². The van der Waals surface area contributed by atoms with Crippen molar-refractivity contribution in [3.63, 3.8) is 0 Å². The molecule has 8 heteroatoms. The monoisotopic (exact) mass is 343 g/mol. The fourth-order valence-electron chi connectivity index (χ4n) is 2.62. The Labute approximate surface area is 143 Å². The molecule has 0 bridgehead atoms. The van der Waals surface area contributed by atoms with Crippen molar-refractivity contribution in [2.45, 2.75) is 26.3 Å². The van der Waals surface area contributed by atoms with Crippen molar-refractivity contribution in [3.8, 4) is 11.3 Å². The van der Waals surface area contributed by atoms with Crippen LogP contribution in [0, 0.1) is 5.82 Å². The molecule has 0 atom stereocenters. The van der Waals surface area contributed by atoms with E-state index in [-0.39, 0.29) is 23.8 Å². The molecular formula is C17H18FN5O2. The summed E-state index contributed by atoms with van der Waals surface area (Å²) in [7, 11) is 1.27. The minimum absolute atomic E-state index is 0.0500. The quantitative estimate of drug-likeness (QED) is 0.731. The van der Waals surface area contributed by atoms with E-state index < -0.39 is 11.8 Å². The second kappa shape index (κ2) is 6.46. The maximum absolute atomic E-state index is 14.4. The molecule has 25 heavy (non-hydrogen) atoms. The molecule has 0 fully saturated rings. The lowest BCUT2D eigenvalue weighted by Crippen LogP contribution is -2.06.